The van der Waals surface area contributed by atoms with Gasteiger partial charge in [-0.25, -0.2) is 13.6 Å². The summed E-state index contributed by atoms with van der Waals surface area (Å²) in [5.74, 6) is 1.06. The third kappa shape index (κ3) is 4.32. The molecule has 1 saturated carbocycles. The van der Waals surface area contributed by atoms with Gasteiger partial charge in [0.05, 0.1) is 9.80 Å². The van der Waals surface area contributed by atoms with Crippen molar-refractivity contribution in [2.45, 2.75) is 43.0 Å². The molecule has 0 bridgehead atoms. The molecule has 1 amide bonds. The summed E-state index contributed by atoms with van der Waals surface area (Å²) in [5, 5.41) is 5.12. The quantitative estimate of drug-likeness (QED) is 0.558. The number of hydrogen-bond donors (Lipinski definition) is 1. The van der Waals surface area contributed by atoms with Gasteiger partial charge in [-0.1, -0.05) is 43.2 Å². The first-order chi connectivity index (χ1) is 13.8. The standard InChI is InChI=1S/C20H20N2O4S3/c21-29(24,25)16-9-6-13(7-10-16)17-11-8-15(26-17)12-18-19(23)22(20(27)28-18)14-4-2-1-3-5-14/h6-12,14H,1-5H2,(H2,21,24,25). The Morgan fingerprint density at radius 3 is 2.45 bits per heavy atom. The van der Waals surface area contributed by atoms with Crippen LogP contribution in [0.4, 0.5) is 0 Å². The zero-order chi connectivity index (χ0) is 20.6. The van der Waals surface area contributed by atoms with Gasteiger partial charge in [-0.2, -0.15) is 0 Å². The molecule has 152 valence electrons. The number of carbonyl (C=O) groups excluding carboxylic acids is 1. The molecule has 2 fully saturated rings. The molecular formula is C20H20N2O4S3. The van der Waals surface area contributed by atoms with Gasteiger partial charge in [-0.15, -0.1) is 0 Å². The fourth-order valence-electron chi connectivity index (χ4n) is 3.66. The summed E-state index contributed by atoms with van der Waals surface area (Å²) in [4.78, 5) is 15.2. The number of thioether (sulfide) groups is 1. The van der Waals surface area contributed by atoms with Gasteiger partial charge in [-0.05, 0) is 49.2 Å². The van der Waals surface area contributed by atoms with Crippen molar-refractivity contribution in [3.05, 3.63) is 47.1 Å². The predicted molar refractivity (Wildman–Crippen MR) is 117 cm³/mol. The fourth-order valence-corrected chi connectivity index (χ4v) is 5.55. The van der Waals surface area contributed by atoms with E-state index in [1.165, 1.54) is 30.3 Å². The maximum Gasteiger partial charge on any atom is 0.266 e. The number of hydrogen-bond acceptors (Lipinski definition) is 6. The summed E-state index contributed by atoms with van der Waals surface area (Å²) in [6.07, 6.45) is 7.19. The number of nitrogens with two attached hydrogens (primary N) is 1. The number of primary sulfonamides is 1. The van der Waals surface area contributed by atoms with Gasteiger partial charge >= 0.3 is 0 Å². The minimum Gasteiger partial charge on any atom is -0.457 e. The molecule has 1 aromatic heterocycles. The summed E-state index contributed by atoms with van der Waals surface area (Å²) < 4.78 is 29.2. The number of amides is 1. The van der Waals surface area contributed by atoms with Crippen molar-refractivity contribution in [1.29, 1.82) is 0 Å². The highest BCUT2D eigenvalue weighted by atomic mass is 32.2. The lowest BCUT2D eigenvalue weighted by molar-refractivity contribution is -0.124. The van der Waals surface area contributed by atoms with E-state index in [-0.39, 0.29) is 16.8 Å². The summed E-state index contributed by atoms with van der Waals surface area (Å²) in [6.45, 7) is 0. The third-order valence-electron chi connectivity index (χ3n) is 5.13. The van der Waals surface area contributed by atoms with Gasteiger partial charge < -0.3 is 4.42 Å². The average Bonchev–Trinajstić information content (AvgIpc) is 3.27. The van der Waals surface area contributed by atoms with Crippen LogP contribution in [-0.2, 0) is 14.8 Å². The van der Waals surface area contributed by atoms with E-state index in [1.807, 2.05) is 0 Å². The first-order valence-corrected chi connectivity index (χ1v) is 12.1. The highest BCUT2D eigenvalue weighted by molar-refractivity contribution is 8.26. The normalized spacial score (nSPS) is 20.0. The Hall–Kier alpha value is -1.94. The van der Waals surface area contributed by atoms with Crippen LogP contribution in [0.3, 0.4) is 0 Å². The van der Waals surface area contributed by atoms with Crippen LogP contribution in [-0.4, -0.2) is 29.6 Å². The second-order valence-electron chi connectivity index (χ2n) is 7.11. The van der Waals surface area contributed by atoms with Crippen LogP contribution >= 0.6 is 24.0 Å². The van der Waals surface area contributed by atoms with E-state index in [0.717, 1.165) is 25.7 Å². The van der Waals surface area contributed by atoms with Gasteiger partial charge in [0.25, 0.3) is 5.91 Å². The Kier molecular flexibility index (Phi) is 5.65. The topological polar surface area (TPSA) is 93.6 Å². The van der Waals surface area contributed by atoms with Gasteiger partial charge in [0.15, 0.2) is 0 Å². The minimum atomic E-state index is -3.74. The number of thiocarbonyl (C=S) groups is 1. The zero-order valence-electron chi connectivity index (χ0n) is 15.5. The minimum absolute atomic E-state index is 0.0411. The van der Waals surface area contributed by atoms with Crippen molar-refractivity contribution < 1.29 is 17.6 Å². The molecule has 2 heterocycles. The maximum atomic E-state index is 12.9. The van der Waals surface area contributed by atoms with Crippen molar-refractivity contribution in [3.63, 3.8) is 0 Å². The van der Waals surface area contributed by atoms with E-state index < -0.39 is 10.0 Å². The van der Waals surface area contributed by atoms with Crippen molar-refractivity contribution in [2.75, 3.05) is 0 Å². The second-order valence-corrected chi connectivity index (χ2v) is 10.4. The van der Waals surface area contributed by atoms with Crippen molar-refractivity contribution >= 4 is 50.3 Å². The largest absolute Gasteiger partial charge is 0.457 e. The lowest BCUT2D eigenvalue weighted by Gasteiger charge is -2.29. The third-order valence-corrected chi connectivity index (χ3v) is 7.39. The van der Waals surface area contributed by atoms with Crippen LogP contribution in [0.25, 0.3) is 17.4 Å². The lowest BCUT2D eigenvalue weighted by atomic mass is 9.94. The van der Waals surface area contributed by atoms with E-state index in [9.17, 15) is 13.2 Å². The van der Waals surface area contributed by atoms with Crippen LogP contribution in [0.15, 0.2) is 50.6 Å². The van der Waals surface area contributed by atoms with Crippen molar-refractivity contribution in [3.8, 4) is 11.3 Å². The number of benzene rings is 1. The predicted octanol–water partition coefficient (Wildman–Crippen LogP) is 4.13. The van der Waals surface area contributed by atoms with E-state index in [1.54, 1.807) is 35.2 Å². The van der Waals surface area contributed by atoms with Crippen molar-refractivity contribution in [1.82, 2.24) is 4.90 Å². The maximum absolute atomic E-state index is 12.9. The van der Waals surface area contributed by atoms with Crippen molar-refractivity contribution in [2.24, 2.45) is 5.14 Å². The molecular weight excluding hydrogens is 428 g/mol. The highest BCUT2D eigenvalue weighted by Crippen LogP contribution is 2.37. The van der Waals surface area contributed by atoms with Crippen LogP contribution in [0.2, 0.25) is 0 Å². The molecule has 29 heavy (non-hydrogen) atoms. The van der Waals surface area contributed by atoms with E-state index in [2.05, 4.69) is 0 Å². The molecule has 0 unspecified atom stereocenters. The van der Waals surface area contributed by atoms with Gasteiger partial charge in [0, 0.05) is 17.7 Å². The summed E-state index contributed by atoms with van der Waals surface area (Å²) in [5.41, 5.74) is 0.715. The molecule has 6 nitrogen and oxygen atoms in total. The zero-order valence-corrected chi connectivity index (χ0v) is 18.0. The second kappa shape index (κ2) is 8.06. The van der Waals surface area contributed by atoms with Gasteiger partial charge in [0.2, 0.25) is 10.0 Å². The fraction of sp³-hybridized carbons (Fsp3) is 0.300. The van der Waals surface area contributed by atoms with Crippen LogP contribution in [0.5, 0.6) is 0 Å². The molecule has 9 heteroatoms. The number of carbonyl (C=O) groups is 1. The van der Waals surface area contributed by atoms with E-state index >= 15 is 0 Å². The molecule has 1 aliphatic carbocycles. The Bertz CT molecular complexity index is 1080. The molecule has 0 atom stereocenters. The Balaban J connectivity index is 1.53. The molecule has 1 aliphatic heterocycles. The summed E-state index contributed by atoms with van der Waals surface area (Å²) in [7, 11) is -3.74. The Morgan fingerprint density at radius 1 is 1.10 bits per heavy atom. The van der Waals surface area contributed by atoms with Gasteiger partial charge in [-0.3, -0.25) is 9.69 Å². The van der Waals surface area contributed by atoms with E-state index in [4.69, 9.17) is 21.8 Å². The number of rotatable bonds is 4. The average molecular weight is 449 g/mol. The first-order valence-electron chi connectivity index (χ1n) is 9.33. The smallest absolute Gasteiger partial charge is 0.266 e. The molecule has 1 saturated heterocycles. The van der Waals surface area contributed by atoms with Crippen LogP contribution in [0.1, 0.15) is 37.9 Å². The van der Waals surface area contributed by atoms with Crippen LogP contribution < -0.4 is 5.14 Å². The molecule has 4 rings (SSSR count). The molecule has 2 aromatic rings. The Labute approximate surface area is 179 Å². The molecule has 0 spiro atoms. The molecule has 1 aromatic carbocycles. The highest BCUT2D eigenvalue weighted by Gasteiger charge is 2.37. The summed E-state index contributed by atoms with van der Waals surface area (Å²) >= 11 is 6.76. The van der Waals surface area contributed by atoms with Gasteiger partial charge in [0.1, 0.15) is 15.8 Å². The van der Waals surface area contributed by atoms with E-state index in [0.29, 0.717) is 26.3 Å². The van der Waals surface area contributed by atoms with Crippen LogP contribution in [0, 0.1) is 0 Å². The molecule has 2 aliphatic rings. The lowest BCUT2D eigenvalue weighted by Crippen LogP contribution is -2.39. The number of sulfonamides is 1. The molecule has 0 radical (unpaired) electrons. The first kappa shape index (κ1) is 20.3. The number of nitrogens with zero attached hydrogens (tertiary/aromatic N) is 1. The monoisotopic (exact) mass is 448 g/mol. The SMILES string of the molecule is NS(=O)(=O)c1ccc(-c2ccc(C=C3SC(=S)N(C4CCCCC4)C3=O)o2)cc1. The number of furan rings is 1. The molecule has 2 N–H and O–H groups in total. The summed E-state index contributed by atoms with van der Waals surface area (Å²) in [6, 6.07) is 9.88. The Morgan fingerprint density at radius 2 is 1.79 bits per heavy atom.